The van der Waals surface area contributed by atoms with Crippen molar-refractivity contribution < 1.29 is 4.39 Å². The number of halogens is 2. The van der Waals surface area contributed by atoms with E-state index in [-0.39, 0.29) is 5.82 Å². The summed E-state index contributed by atoms with van der Waals surface area (Å²) in [5.74, 6) is 1.42. The fourth-order valence-corrected chi connectivity index (χ4v) is 4.25. The van der Waals surface area contributed by atoms with Crippen molar-refractivity contribution in [2.75, 3.05) is 5.75 Å². The molecule has 3 aromatic carbocycles. The van der Waals surface area contributed by atoms with Crippen LogP contribution in [0.15, 0.2) is 71.6 Å². The summed E-state index contributed by atoms with van der Waals surface area (Å²) in [6.45, 7) is 2.74. The Labute approximate surface area is 173 Å². The average Bonchev–Trinajstić information content (AvgIpc) is 3.04. The van der Waals surface area contributed by atoms with E-state index in [1.165, 1.54) is 11.0 Å². The van der Waals surface area contributed by atoms with E-state index >= 15 is 0 Å². The molecule has 4 aromatic rings. The minimum atomic E-state index is -0.272. The van der Waals surface area contributed by atoms with Crippen LogP contribution < -0.4 is 0 Å². The number of rotatable bonds is 6. The Bertz CT molecular complexity index is 1120. The highest BCUT2D eigenvalue weighted by Gasteiger charge is 2.16. The Kier molecular flexibility index (Phi) is 5.69. The molecule has 2 nitrogen and oxygen atoms in total. The van der Waals surface area contributed by atoms with Gasteiger partial charge in [0, 0.05) is 16.5 Å². The van der Waals surface area contributed by atoms with Crippen LogP contribution in [-0.2, 0) is 6.54 Å². The first-order valence-corrected chi connectivity index (χ1v) is 10.6. The van der Waals surface area contributed by atoms with Gasteiger partial charge in [0.2, 0.25) is 0 Å². The van der Waals surface area contributed by atoms with Gasteiger partial charge in [0.25, 0.3) is 0 Å². The second-order valence-electron chi connectivity index (χ2n) is 6.63. The molecular weight excluding hydrogens is 391 g/mol. The summed E-state index contributed by atoms with van der Waals surface area (Å²) in [5, 5.41) is 0.688. The molecule has 0 amide bonds. The fraction of sp³-hybridized carbons (Fsp3) is 0.174. The van der Waals surface area contributed by atoms with Crippen LogP contribution in [-0.4, -0.2) is 15.3 Å². The lowest BCUT2D eigenvalue weighted by Crippen LogP contribution is -2.03. The van der Waals surface area contributed by atoms with Gasteiger partial charge in [-0.25, -0.2) is 9.37 Å². The zero-order chi connectivity index (χ0) is 19.5. The van der Waals surface area contributed by atoms with Crippen LogP contribution in [0, 0.1) is 5.82 Å². The first-order chi connectivity index (χ1) is 13.7. The number of benzene rings is 3. The first-order valence-electron chi connectivity index (χ1n) is 9.28. The lowest BCUT2D eigenvalue weighted by Gasteiger charge is -2.11. The first kappa shape index (κ1) is 19.0. The van der Waals surface area contributed by atoms with Gasteiger partial charge in [0.1, 0.15) is 11.6 Å². The Balaban J connectivity index is 1.88. The predicted molar refractivity (Wildman–Crippen MR) is 117 cm³/mol. The Morgan fingerprint density at radius 2 is 1.89 bits per heavy atom. The number of thioether (sulfide) groups is 1. The molecule has 0 atom stereocenters. The van der Waals surface area contributed by atoms with Crippen molar-refractivity contribution in [2.24, 2.45) is 0 Å². The molecule has 5 heteroatoms. The number of fused-ring (bicyclic) bond motifs is 1. The molecule has 0 aliphatic carbocycles. The fourth-order valence-electron chi connectivity index (χ4n) is 3.24. The molecule has 142 valence electrons. The Hall–Kier alpha value is -2.30. The predicted octanol–water partition coefficient (Wildman–Crippen LogP) is 7.05. The molecule has 0 radical (unpaired) electrons. The third-order valence-corrected chi connectivity index (χ3v) is 5.97. The van der Waals surface area contributed by atoms with E-state index in [1.807, 2.05) is 48.2 Å². The van der Waals surface area contributed by atoms with Crippen molar-refractivity contribution in [3.8, 4) is 11.4 Å². The smallest absolute Gasteiger partial charge is 0.144 e. The van der Waals surface area contributed by atoms with Gasteiger partial charge < -0.3 is 4.57 Å². The number of aromatic nitrogens is 2. The number of hydrogen-bond donors (Lipinski definition) is 0. The van der Waals surface area contributed by atoms with E-state index in [9.17, 15) is 4.39 Å². The van der Waals surface area contributed by atoms with Crippen molar-refractivity contribution >= 4 is 34.4 Å². The molecule has 0 saturated heterocycles. The van der Waals surface area contributed by atoms with Crippen LogP contribution in [0.4, 0.5) is 4.39 Å². The number of nitrogens with zero attached hydrogens (tertiary/aromatic N) is 2. The monoisotopic (exact) mass is 410 g/mol. The maximum Gasteiger partial charge on any atom is 0.144 e. The minimum absolute atomic E-state index is 0.272. The number of hydrogen-bond acceptors (Lipinski definition) is 2. The van der Waals surface area contributed by atoms with Crippen LogP contribution in [0.3, 0.4) is 0 Å². The van der Waals surface area contributed by atoms with Gasteiger partial charge >= 0.3 is 0 Å². The van der Waals surface area contributed by atoms with Crippen molar-refractivity contribution in [3.05, 3.63) is 83.1 Å². The highest BCUT2D eigenvalue weighted by atomic mass is 35.5. The van der Waals surface area contributed by atoms with E-state index in [1.54, 1.807) is 12.1 Å². The molecule has 1 heterocycles. The molecule has 0 aliphatic heterocycles. The third kappa shape index (κ3) is 3.94. The van der Waals surface area contributed by atoms with Crippen LogP contribution >= 0.6 is 23.4 Å². The van der Waals surface area contributed by atoms with Gasteiger partial charge in [-0.1, -0.05) is 42.8 Å². The Morgan fingerprint density at radius 3 is 2.68 bits per heavy atom. The quantitative estimate of drug-likeness (QED) is 0.317. The second-order valence-corrected chi connectivity index (χ2v) is 8.24. The van der Waals surface area contributed by atoms with Gasteiger partial charge in [-0.2, -0.15) is 0 Å². The summed E-state index contributed by atoms with van der Waals surface area (Å²) in [7, 11) is 0. The summed E-state index contributed by atoms with van der Waals surface area (Å²) < 4.78 is 16.6. The van der Waals surface area contributed by atoms with Crippen molar-refractivity contribution in [2.45, 2.75) is 24.8 Å². The van der Waals surface area contributed by atoms with E-state index in [0.29, 0.717) is 23.0 Å². The zero-order valence-electron chi connectivity index (χ0n) is 15.5. The molecule has 1 aromatic heterocycles. The van der Waals surface area contributed by atoms with E-state index in [0.717, 1.165) is 28.8 Å². The van der Waals surface area contributed by atoms with Gasteiger partial charge in [-0.05, 0) is 60.2 Å². The number of imidazole rings is 1. The van der Waals surface area contributed by atoms with Gasteiger partial charge in [0.05, 0.1) is 16.6 Å². The average molecular weight is 411 g/mol. The summed E-state index contributed by atoms with van der Waals surface area (Å²) >= 11 is 8.00. The standard InChI is InChI=1S/C23H20ClFN2S/c1-2-12-28-18-10-11-21-22(14-18)27(15-16-6-5-7-17(24)13-16)23(26-21)19-8-3-4-9-20(19)25/h3-11,13-14H,2,12,15H2,1H3. The molecule has 4 rings (SSSR count). The SMILES string of the molecule is CCCSc1ccc2nc(-c3ccccc3F)n(Cc3cccc(Cl)c3)c2c1. The van der Waals surface area contributed by atoms with Crippen LogP contribution in [0.25, 0.3) is 22.4 Å². The summed E-state index contributed by atoms with van der Waals surface area (Å²) in [4.78, 5) is 5.96. The molecule has 0 spiro atoms. The van der Waals surface area contributed by atoms with Gasteiger partial charge in [-0.3, -0.25) is 0 Å². The highest BCUT2D eigenvalue weighted by molar-refractivity contribution is 7.99. The van der Waals surface area contributed by atoms with Crippen LogP contribution in [0.2, 0.25) is 5.02 Å². The summed E-state index contributed by atoms with van der Waals surface area (Å²) in [6.07, 6.45) is 1.12. The largest absolute Gasteiger partial charge is 0.319 e. The van der Waals surface area contributed by atoms with Crippen LogP contribution in [0.5, 0.6) is 0 Å². The van der Waals surface area contributed by atoms with Crippen molar-refractivity contribution in [1.29, 1.82) is 0 Å². The molecule has 0 N–H and O–H groups in total. The summed E-state index contributed by atoms with van der Waals surface area (Å²) in [6, 6.07) is 20.8. The molecule has 0 aliphatic rings. The maximum atomic E-state index is 14.6. The summed E-state index contributed by atoms with van der Waals surface area (Å²) in [5.41, 5.74) is 3.42. The van der Waals surface area contributed by atoms with Crippen molar-refractivity contribution in [1.82, 2.24) is 9.55 Å². The van der Waals surface area contributed by atoms with E-state index in [2.05, 4.69) is 23.6 Å². The molecular formula is C23H20ClFN2S. The molecule has 28 heavy (non-hydrogen) atoms. The van der Waals surface area contributed by atoms with E-state index < -0.39 is 0 Å². The Morgan fingerprint density at radius 1 is 1.04 bits per heavy atom. The molecule has 0 unspecified atom stereocenters. The van der Waals surface area contributed by atoms with Gasteiger partial charge in [-0.15, -0.1) is 11.8 Å². The third-order valence-electron chi connectivity index (χ3n) is 4.54. The molecule has 0 fully saturated rings. The van der Waals surface area contributed by atoms with Crippen LogP contribution in [0.1, 0.15) is 18.9 Å². The maximum absolute atomic E-state index is 14.6. The van der Waals surface area contributed by atoms with Crippen molar-refractivity contribution in [3.63, 3.8) is 0 Å². The minimum Gasteiger partial charge on any atom is -0.319 e. The normalized spacial score (nSPS) is 11.2. The lowest BCUT2D eigenvalue weighted by atomic mass is 10.2. The molecule has 0 bridgehead atoms. The topological polar surface area (TPSA) is 17.8 Å². The van der Waals surface area contributed by atoms with Gasteiger partial charge in [0.15, 0.2) is 0 Å². The molecule has 0 saturated carbocycles. The highest BCUT2D eigenvalue weighted by Crippen LogP contribution is 2.31. The van der Waals surface area contributed by atoms with E-state index in [4.69, 9.17) is 16.6 Å². The second kappa shape index (κ2) is 8.38. The lowest BCUT2D eigenvalue weighted by molar-refractivity contribution is 0.628. The zero-order valence-corrected chi connectivity index (χ0v) is 17.1.